The second-order valence-electron chi connectivity index (χ2n) is 5.39. The number of hydrogen-bond acceptors (Lipinski definition) is 4. The molecule has 0 fully saturated rings. The van der Waals surface area contributed by atoms with Crippen molar-refractivity contribution in [1.29, 1.82) is 0 Å². The number of nitrogens with zero attached hydrogens (tertiary/aromatic N) is 1. The fourth-order valence-electron chi connectivity index (χ4n) is 2.79. The minimum atomic E-state index is -0.531. The lowest BCUT2D eigenvalue weighted by Gasteiger charge is -2.24. The van der Waals surface area contributed by atoms with Crippen LogP contribution in [0.3, 0.4) is 0 Å². The number of fused-ring (bicyclic) bond motifs is 1. The van der Waals surface area contributed by atoms with E-state index in [2.05, 4.69) is 23.2 Å². The quantitative estimate of drug-likeness (QED) is 0.908. The number of hydrogen-bond donors (Lipinski definition) is 2. The molecule has 22 heavy (non-hydrogen) atoms. The fraction of sp³-hybridized carbons (Fsp3) is 0.250. The molecule has 6 heteroatoms. The van der Waals surface area contributed by atoms with Gasteiger partial charge in [-0.1, -0.05) is 18.2 Å². The van der Waals surface area contributed by atoms with Gasteiger partial charge in [0.25, 0.3) is 5.91 Å². The van der Waals surface area contributed by atoms with Crippen molar-refractivity contribution in [2.45, 2.75) is 19.4 Å². The third kappa shape index (κ3) is 2.69. The largest absolute Gasteiger partial charge is 0.366 e. The molecule has 114 valence electrons. The van der Waals surface area contributed by atoms with Crippen LogP contribution in [0.5, 0.6) is 0 Å². The number of nitrogens with two attached hydrogens (primary N) is 1. The molecule has 1 aliphatic rings. The van der Waals surface area contributed by atoms with Crippen molar-refractivity contribution in [2.24, 2.45) is 5.73 Å². The maximum atomic E-state index is 12.3. The Morgan fingerprint density at radius 1 is 1.36 bits per heavy atom. The lowest BCUT2D eigenvalue weighted by atomic mass is 10.1. The van der Waals surface area contributed by atoms with Gasteiger partial charge >= 0.3 is 0 Å². The third-order valence-corrected chi connectivity index (χ3v) is 4.68. The van der Waals surface area contributed by atoms with Gasteiger partial charge in [-0.25, -0.2) is 0 Å². The normalized spacial score (nSPS) is 16.4. The van der Waals surface area contributed by atoms with Crippen LogP contribution in [0.2, 0.25) is 0 Å². The minimum Gasteiger partial charge on any atom is -0.366 e. The number of nitrogens with one attached hydrogen (secondary N) is 1. The lowest BCUT2D eigenvalue weighted by molar-refractivity contribution is -0.115. The SMILES string of the molecule is C[C@@H]1Cc2ccccc2N1CC(=O)Nc1sccc1C(N)=O. The smallest absolute Gasteiger partial charge is 0.251 e. The van der Waals surface area contributed by atoms with Crippen LogP contribution >= 0.6 is 11.3 Å². The summed E-state index contributed by atoms with van der Waals surface area (Å²) >= 11 is 1.30. The van der Waals surface area contributed by atoms with Gasteiger partial charge in [0.2, 0.25) is 5.91 Å². The van der Waals surface area contributed by atoms with Gasteiger partial charge in [-0.05, 0) is 36.4 Å². The first-order valence-electron chi connectivity index (χ1n) is 7.08. The van der Waals surface area contributed by atoms with Crippen LogP contribution < -0.4 is 16.0 Å². The molecule has 3 rings (SSSR count). The molecule has 0 saturated carbocycles. The fourth-order valence-corrected chi connectivity index (χ4v) is 3.60. The number of carbonyl (C=O) groups excluding carboxylic acids is 2. The first kappa shape index (κ1) is 14.6. The van der Waals surface area contributed by atoms with Crippen LogP contribution in [-0.4, -0.2) is 24.4 Å². The molecule has 1 aromatic heterocycles. The highest BCUT2D eigenvalue weighted by Crippen LogP contribution is 2.31. The van der Waals surface area contributed by atoms with Gasteiger partial charge < -0.3 is 16.0 Å². The average Bonchev–Trinajstić information content (AvgIpc) is 3.04. The Bertz CT molecular complexity index is 726. The first-order chi connectivity index (χ1) is 10.6. The van der Waals surface area contributed by atoms with E-state index in [1.165, 1.54) is 16.9 Å². The highest BCUT2D eigenvalue weighted by Gasteiger charge is 2.27. The lowest BCUT2D eigenvalue weighted by Crippen LogP contribution is -2.37. The number of amides is 2. The number of para-hydroxylation sites is 1. The Morgan fingerprint density at radius 2 is 2.14 bits per heavy atom. The summed E-state index contributed by atoms with van der Waals surface area (Å²) in [6, 6.07) is 10.0. The number of rotatable bonds is 4. The van der Waals surface area contributed by atoms with Gasteiger partial charge in [0.1, 0.15) is 5.00 Å². The van der Waals surface area contributed by atoms with Gasteiger partial charge in [-0.2, -0.15) is 0 Å². The Morgan fingerprint density at radius 3 is 2.91 bits per heavy atom. The van der Waals surface area contributed by atoms with E-state index in [1.807, 2.05) is 18.2 Å². The number of primary amides is 1. The second kappa shape index (κ2) is 5.81. The Labute approximate surface area is 132 Å². The molecule has 3 N–H and O–H groups in total. The molecule has 5 nitrogen and oxygen atoms in total. The van der Waals surface area contributed by atoms with Crippen molar-refractivity contribution >= 4 is 33.8 Å². The highest BCUT2D eigenvalue weighted by molar-refractivity contribution is 7.14. The third-order valence-electron chi connectivity index (χ3n) is 3.85. The van der Waals surface area contributed by atoms with Crippen molar-refractivity contribution in [1.82, 2.24) is 0 Å². The van der Waals surface area contributed by atoms with E-state index >= 15 is 0 Å². The molecule has 0 saturated heterocycles. The highest BCUT2D eigenvalue weighted by atomic mass is 32.1. The topological polar surface area (TPSA) is 75.4 Å². The number of anilines is 2. The summed E-state index contributed by atoms with van der Waals surface area (Å²) in [6.07, 6.45) is 0.939. The van der Waals surface area contributed by atoms with Crippen LogP contribution in [0.1, 0.15) is 22.8 Å². The van der Waals surface area contributed by atoms with Crippen LogP contribution in [0.15, 0.2) is 35.7 Å². The maximum absolute atomic E-state index is 12.3. The molecular formula is C16H17N3O2S. The molecule has 2 aromatic rings. The van der Waals surface area contributed by atoms with E-state index < -0.39 is 5.91 Å². The van der Waals surface area contributed by atoms with Crippen molar-refractivity contribution in [3.8, 4) is 0 Å². The van der Waals surface area contributed by atoms with Gasteiger partial charge in [-0.3, -0.25) is 9.59 Å². The average molecular weight is 315 g/mol. The Balaban J connectivity index is 1.72. The van der Waals surface area contributed by atoms with Crippen molar-refractivity contribution in [2.75, 3.05) is 16.8 Å². The molecule has 2 heterocycles. The summed E-state index contributed by atoms with van der Waals surface area (Å²) in [5, 5.41) is 5.04. The number of benzene rings is 1. The molecule has 1 aromatic carbocycles. The molecule has 0 unspecified atom stereocenters. The van der Waals surface area contributed by atoms with Gasteiger partial charge in [-0.15, -0.1) is 11.3 Å². The van der Waals surface area contributed by atoms with Gasteiger partial charge in [0.15, 0.2) is 0 Å². The predicted molar refractivity (Wildman–Crippen MR) is 88.4 cm³/mol. The van der Waals surface area contributed by atoms with E-state index in [0.29, 0.717) is 10.6 Å². The zero-order valence-electron chi connectivity index (χ0n) is 12.2. The summed E-state index contributed by atoms with van der Waals surface area (Å²) < 4.78 is 0. The zero-order valence-corrected chi connectivity index (χ0v) is 13.0. The maximum Gasteiger partial charge on any atom is 0.251 e. The monoisotopic (exact) mass is 315 g/mol. The van der Waals surface area contributed by atoms with Crippen LogP contribution in [0.25, 0.3) is 0 Å². The number of carbonyl (C=O) groups is 2. The molecule has 0 aliphatic carbocycles. The number of thiophene rings is 1. The van der Waals surface area contributed by atoms with Crippen molar-refractivity contribution in [3.05, 3.63) is 46.8 Å². The molecule has 0 radical (unpaired) electrons. The van der Waals surface area contributed by atoms with Crippen LogP contribution in [-0.2, 0) is 11.2 Å². The van der Waals surface area contributed by atoms with E-state index in [0.717, 1.165) is 12.1 Å². The standard InChI is InChI=1S/C16H17N3O2S/c1-10-8-11-4-2-3-5-13(11)19(10)9-14(20)18-16-12(15(17)21)6-7-22-16/h2-7,10H,8-9H2,1H3,(H2,17,21)(H,18,20)/t10-/m1/s1. The van der Waals surface area contributed by atoms with E-state index in [-0.39, 0.29) is 18.5 Å². The first-order valence-corrected chi connectivity index (χ1v) is 7.96. The molecule has 2 amide bonds. The summed E-state index contributed by atoms with van der Waals surface area (Å²) in [5.74, 6) is -0.676. The Hall–Kier alpha value is -2.34. The van der Waals surface area contributed by atoms with E-state index in [4.69, 9.17) is 5.73 Å². The molecular weight excluding hydrogens is 298 g/mol. The van der Waals surface area contributed by atoms with Crippen molar-refractivity contribution < 1.29 is 9.59 Å². The summed E-state index contributed by atoms with van der Waals surface area (Å²) in [6.45, 7) is 2.36. The zero-order chi connectivity index (χ0) is 15.7. The summed E-state index contributed by atoms with van der Waals surface area (Å²) in [7, 11) is 0. The van der Waals surface area contributed by atoms with Crippen LogP contribution in [0.4, 0.5) is 10.7 Å². The van der Waals surface area contributed by atoms with Crippen molar-refractivity contribution in [3.63, 3.8) is 0 Å². The van der Waals surface area contributed by atoms with Crippen LogP contribution in [0, 0.1) is 0 Å². The molecule has 1 atom stereocenters. The second-order valence-corrected chi connectivity index (χ2v) is 6.30. The minimum absolute atomic E-state index is 0.145. The molecule has 1 aliphatic heterocycles. The summed E-state index contributed by atoms with van der Waals surface area (Å²) in [4.78, 5) is 25.7. The predicted octanol–water partition coefficient (Wildman–Crippen LogP) is 2.24. The summed E-state index contributed by atoms with van der Waals surface area (Å²) in [5.41, 5.74) is 8.01. The van der Waals surface area contributed by atoms with Gasteiger partial charge in [0.05, 0.1) is 12.1 Å². The molecule has 0 spiro atoms. The van der Waals surface area contributed by atoms with Gasteiger partial charge in [0, 0.05) is 11.7 Å². The van der Waals surface area contributed by atoms with E-state index in [1.54, 1.807) is 11.4 Å². The van der Waals surface area contributed by atoms with E-state index in [9.17, 15) is 9.59 Å². The Kier molecular flexibility index (Phi) is 3.85. The molecule has 0 bridgehead atoms.